The minimum Gasteiger partial charge on any atom is -0.481 e. The van der Waals surface area contributed by atoms with Crippen LogP contribution in [0.3, 0.4) is 0 Å². The number of ether oxygens (including phenoxy) is 1. The average molecular weight is 280 g/mol. The number of sulfonamides is 1. The van der Waals surface area contributed by atoms with Crippen molar-refractivity contribution < 1.29 is 13.2 Å². The van der Waals surface area contributed by atoms with E-state index >= 15 is 0 Å². The highest BCUT2D eigenvalue weighted by Gasteiger charge is 2.40. The van der Waals surface area contributed by atoms with Gasteiger partial charge in [0.15, 0.2) is 0 Å². The Balaban J connectivity index is 2.49. The zero-order valence-corrected chi connectivity index (χ0v) is 11.6. The lowest BCUT2D eigenvalue weighted by molar-refractivity contribution is 0.397. The molecule has 5 nitrogen and oxygen atoms in total. The standard InChI is InChI=1S/C13H16N2O3S/c1-13(10-6-7-12(18-2)15-9-10)8-4-3-5-11(13)19(14,16)17/h3-9,11H,1-2H3,(H2,14,16,17). The van der Waals surface area contributed by atoms with Gasteiger partial charge in [-0.05, 0) is 5.56 Å². The van der Waals surface area contributed by atoms with Crippen molar-refractivity contribution >= 4 is 10.0 Å². The molecule has 2 unspecified atom stereocenters. The van der Waals surface area contributed by atoms with E-state index in [1.54, 1.807) is 30.5 Å². The second-order valence-corrected chi connectivity index (χ2v) is 6.31. The molecule has 0 fully saturated rings. The van der Waals surface area contributed by atoms with Gasteiger partial charge in [0.2, 0.25) is 15.9 Å². The number of hydrogen-bond acceptors (Lipinski definition) is 4. The molecule has 0 saturated carbocycles. The average Bonchev–Trinajstić information content (AvgIpc) is 2.38. The van der Waals surface area contributed by atoms with Crippen LogP contribution in [0.5, 0.6) is 5.88 Å². The molecule has 2 rings (SSSR count). The predicted molar refractivity (Wildman–Crippen MR) is 73.3 cm³/mol. The summed E-state index contributed by atoms with van der Waals surface area (Å²) in [6.07, 6.45) is 8.53. The smallest absolute Gasteiger partial charge is 0.216 e. The quantitative estimate of drug-likeness (QED) is 0.899. The molecule has 0 aliphatic heterocycles. The first-order chi connectivity index (χ1) is 8.88. The van der Waals surface area contributed by atoms with E-state index in [2.05, 4.69) is 4.98 Å². The Kier molecular flexibility index (Phi) is 3.47. The molecule has 19 heavy (non-hydrogen) atoms. The second-order valence-electron chi connectivity index (χ2n) is 4.63. The first kappa shape index (κ1) is 13.8. The lowest BCUT2D eigenvalue weighted by Crippen LogP contribution is -2.43. The van der Waals surface area contributed by atoms with Crippen molar-refractivity contribution in [3.63, 3.8) is 0 Å². The van der Waals surface area contributed by atoms with Gasteiger partial charge in [-0.2, -0.15) is 0 Å². The number of nitrogens with zero attached hydrogens (tertiary/aromatic N) is 1. The fourth-order valence-corrected chi connectivity index (χ4v) is 3.45. The summed E-state index contributed by atoms with van der Waals surface area (Å²) in [5.41, 5.74) is 0.0367. The Morgan fingerprint density at radius 1 is 1.37 bits per heavy atom. The molecule has 1 aromatic heterocycles. The number of aromatic nitrogens is 1. The summed E-state index contributed by atoms with van der Waals surface area (Å²) in [7, 11) is -2.17. The third-order valence-corrected chi connectivity index (χ3v) is 4.71. The highest BCUT2D eigenvalue weighted by atomic mass is 32.2. The van der Waals surface area contributed by atoms with Crippen LogP contribution in [-0.4, -0.2) is 25.8 Å². The van der Waals surface area contributed by atoms with Crippen molar-refractivity contribution in [1.29, 1.82) is 0 Å². The van der Waals surface area contributed by atoms with Crippen LogP contribution in [0.25, 0.3) is 0 Å². The fraction of sp³-hybridized carbons (Fsp3) is 0.308. The van der Waals surface area contributed by atoms with E-state index in [-0.39, 0.29) is 0 Å². The first-order valence-electron chi connectivity index (χ1n) is 5.76. The molecule has 1 aromatic rings. The van der Waals surface area contributed by atoms with Crippen LogP contribution >= 0.6 is 0 Å². The summed E-state index contributed by atoms with van der Waals surface area (Å²) < 4.78 is 28.5. The molecule has 0 spiro atoms. The molecule has 2 atom stereocenters. The maximum absolute atomic E-state index is 11.7. The van der Waals surface area contributed by atoms with Crippen LogP contribution in [-0.2, 0) is 15.4 Å². The number of rotatable bonds is 3. The van der Waals surface area contributed by atoms with Crippen molar-refractivity contribution in [2.75, 3.05) is 7.11 Å². The molecule has 0 amide bonds. The van der Waals surface area contributed by atoms with E-state index < -0.39 is 20.7 Å². The van der Waals surface area contributed by atoms with Crippen LogP contribution < -0.4 is 9.88 Å². The third kappa shape index (κ3) is 2.54. The van der Waals surface area contributed by atoms with Crippen molar-refractivity contribution in [3.8, 4) is 5.88 Å². The fourth-order valence-electron chi connectivity index (χ4n) is 2.25. The van der Waals surface area contributed by atoms with Crippen molar-refractivity contribution in [2.45, 2.75) is 17.6 Å². The van der Waals surface area contributed by atoms with Crippen LogP contribution in [0.4, 0.5) is 0 Å². The monoisotopic (exact) mass is 280 g/mol. The zero-order valence-electron chi connectivity index (χ0n) is 10.8. The number of primary sulfonamides is 1. The molecular weight excluding hydrogens is 264 g/mol. The van der Waals surface area contributed by atoms with Gasteiger partial charge in [-0.1, -0.05) is 37.3 Å². The summed E-state index contributed by atoms with van der Waals surface area (Å²) in [5, 5.41) is 4.52. The van der Waals surface area contributed by atoms with Crippen molar-refractivity contribution in [1.82, 2.24) is 4.98 Å². The van der Waals surface area contributed by atoms with Gasteiger partial charge in [0.05, 0.1) is 7.11 Å². The molecule has 2 N–H and O–H groups in total. The minimum absolute atomic E-state index is 0.481. The summed E-state index contributed by atoms with van der Waals surface area (Å²) in [5.74, 6) is 0.481. The van der Waals surface area contributed by atoms with Gasteiger partial charge < -0.3 is 4.74 Å². The van der Waals surface area contributed by atoms with Crippen LogP contribution in [0.15, 0.2) is 42.6 Å². The molecule has 1 aliphatic rings. The second kappa shape index (κ2) is 4.79. The van der Waals surface area contributed by atoms with E-state index in [1.807, 2.05) is 19.1 Å². The van der Waals surface area contributed by atoms with E-state index in [9.17, 15) is 8.42 Å². The third-order valence-electron chi connectivity index (χ3n) is 3.35. The van der Waals surface area contributed by atoms with Crippen molar-refractivity contribution in [2.24, 2.45) is 5.14 Å². The molecule has 0 saturated heterocycles. The Morgan fingerprint density at radius 3 is 2.63 bits per heavy atom. The molecule has 0 aromatic carbocycles. The summed E-state index contributed by atoms with van der Waals surface area (Å²) in [6, 6.07) is 3.50. The maximum Gasteiger partial charge on any atom is 0.216 e. The topological polar surface area (TPSA) is 82.3 Å². The Morgan fingerprint density at radius 2 is 2.11 bits per heavy atom. The number of hydrogen-bond donors (Lipinski definition) is 1. The summed E-state index contributed by atoms with van der Waals surface area (Å²) in [4.78, 5) is 4.12. The largest absolute Gasteiger partial charge is 0.481 e. The lowest BCUT2D eigenvalue weighted by Gasteiger charge is -2.33. The minimum atomic E-state index is -3.69. The number of pyridine rings is 1. The molecular formula is C13H16N2O3S. The van der Waals surface area contributed by atoms with Crippen molar-refractivity contribution in [3.05, 3.63) is 48.2 Å². The van der Waals surface area contributed by atoms with E-state index in [1.165, 1.54) is 7.11 Å². The van der Waals surface area contributed by atoms with Gasteiger partial charge in [0, 0.05) is 17.7 Å². The van der Waals surface area contributed by atoms with E-state index in [4.69, 9.17) is 9.88 Å². The van der Waals surface area contributed by atoms with Crippen LogP contribution in [0.2, 0.25) is 0 Å². The molecule has 102 valence electrons. The van der Waals surface area contributed by atoms with Gasteiger partial charge in [0.25, 0.3) is 0 Å². The molecule has 1 aliphatic carbocycles. The first-order valence-corrected chi connectivity index (χ1v) is 7.37. The Bertz CT molecular complexity index is 620. The predicted octanol–water partition coefficient (Wildman–Crippen LogP) is 1.13. The molecule has 6 heteroatoms. The highest BCUT2D eigenvalue weighted by molar-refractivity contribution is 7.90. The van der Waals surface area contributed by atoms with Crippen LogP contribution in [0, 0.1) is 0 Å². The molecule has 0 radical (unpaired) electrons. The highest BCUT2D eigenvalue weighted by Crippen LogP contribution is 2.35. The maximum atomic E-state index is 11.7. The SMILES string of the molecule is COc1ccc(C2(C)C=CC=CC2S(N)(=O)=O)cn1. The zero-order chi connectivity index (χ0) is 14.1. The Labute approximate surface area is 112 Å². The van der Waals surface area contributed by atoms with Gasteiger partial charge in [-0.25, -0.2) is 18.5 Å². The van der Waals surface area contributed by atoms with Gasteiger partial charge >= 0.3 is 0 Å². The van der Waals surface area contributed by atoms with Gasteiger partial charge in [-0.3, -0.25) is 0 Å². The number of nitrogens with two attached hydrogens (primary N) is 1. The molecule has 0 bridgehead atoms. The van der Waals surface area contributed by atoms with E-state index in [0.29, 0.717) is 5.88 Å². The van der Waals surface area contributed by atoms with Gasteiger partial charge in [-0.15, -0.1) is 0 Å². The summed E-state index contributed by atoms with van der Waals surface area (Å²) in [6.45, 7) is 1.82. The lowest BCUT2D eigenvalue weighted by atomic mass is 9.77. The summed E-state index contributed by atoms with van der Waals surface area (Å²) >= 11 is 0. The number of methoxy groups -OCH3 is 1. The number of allylic oxidation sites excluding steroid dienone is 3. The van der Waals surface area contributed by atoms with E-state index in [0.717, 1.165) is 5.56 Å². The van der Waals surface area contributed by atoms with Crippen LogP contribution in [0.1, 0.15) is 12.5 Å². The van der Waals surface area contributed by atoms with Gasteiger partial charge in [0.1, 0.15) is 5.25 Å². The molecule has 1 heterocycles. The normalized spacial score (nSPS) is 26.4. The Hall–Kier alpha value is -1.66.